The van der Waals surface area contributed by atoms with Crippen molar-refractivity contribution in [2.75, 3.05) is 14.2 Å². The van der Waals surface area contributed by atoms with E-state index >= 15 is 0 Å². The topological polar surface area (TPSA) is 99.3 Å². The van der Waals surface area contributed by atoms with E-state index in [0.717, 1.165) is 0 Å². The van der Waals surface area contributed by atoms with Gasteiger partial charge in [0.05, 0.1) is 24.0 Å². The van der Waals surface area contributed by atoms with Crippen LogP contribution in [0, 0.1) is 16.0 Å². The minimum Gasteiger partial charge on any atom is -0.475 e. The van der Waals surface area contributed by atoms with Gasteiger partial charge in [-0.15, -0.1) is 5.10 Å². The summed E-state index contributed by atoms with van der Waals surface area (Å²) in [6, 6.07) is -0.113. The average Bonchev–Trinajstić information content (AvgIpc) is 2.99. The first-order chi connectivity index (χ1) is 8.08. The number of nitro groups is 1. The zero-order valence-corrected chi connectivity index (χ0v) is 9.41. The predicted octanol–water partition coefficient (Wildman–Crippen LogP) is 0.107. The molecule has 1 saturated carbocycles. The van der Waals surface area contributed by atoms with Crippen molar-refractivity contribution < 1.29 is 14.5 Å². The molecule has 8 heteroatoms. The third-order valence-corrected chi connectivity index (χ3v) is 2.75. The summed E-state index contributed by atoms with van der Waals surface area (Å²) in [5.74, 6) is -0.270. The van der Waals surface area contributed by atoms with Crippen LogP contribution in [0.15, 0.2) is 6.20 Å². The van der Waals surface area contributed by atoms with Gasteiger partial charge in [0.1, 0.15) is 6.20 Å². The molecule has 92 valence electrons. The highest BCUT2D eigenvalue weighted by atomic mass is 16.6. The number of rotatable bonds is 4. The Morgan fingerprint density at radius 2 is 2.47 bits per heavy atom. The molecule has 2 rings (SSSR count). The van der Waals surface area contributed by atoms with E-state index in [2.05, 4.69) is 10.4 Å². The molecule has 17 heavy (non-hydrogen) atoms. The maximum Gasteiger partial charge on any atom is 0.350 e. The van der Waals surface area contributed by atoms with Crippen molar-refractivity contribution in [2.24, 2.45) is 5.92 Å². The van der Waals surface area contributed by atoms with Crippen LogP contribution in [-0.4, -0.2) is 34.8 Å². The van der Waals surface area contributed by atoms with Crippen molar-refractivity contribution in [1.29, 1.82) is 0 Å². The van der Waals surface area contributed by atoms with Gasteiger partial charge in [0.2, 0.25) is 5.91 Å². The van der Waals surface area contributed by atoms with Crippen molar-refractivity contribution in [3.8, 4) is 5.88 Å². The molecular formula is C9H12N4O4. The summed E-state index contributed by atoms with van der Waals surface area (Å²) in [6.45, 7) is 0. The maximum atomic E-state index is 11.3. The van der Waals surface area contributed by atoms with Crippen LogP contribution in [0.5, 0.6) is 5.88 Å². The van der Waals surface area contributed by atoms with Crippen LogP contribution in [-0.2, 0) is 4.79 Å². The average molecular weight is 240 g/mol. The number of carbonyl (C=O) groups excluding carboxylic acids is 1. The van der Waals surface area contributed by atoms with Crippen molar-refractivity contribution in [1.82, 2.24) is 15.1 Å². The second-order valence-electron chi connectivity index (χ2n) is 3.78. The Morgan fingerprint density at radius 3 is 2.94 bits per heavy atom. The van der Waals surface area contributed by atoms with Gasteiger partial charge in [-0.3, -0.25) is 19.6 Å². The maximum absolute atomic E-state index is 11.3. The Bertz CT molecular complexity index is 470. The van der Waals surface area contributed by atoms with Gasteiger partial charge < -0.3 is 10.1 Å². The molecule has 1 amide bonds. The molecule has 8 nitrogen and oxygen atoms in total. The second-order valence-corrected chi connectivity index (χ2v) is 3.78. The van der Waals surface area contributed by atoms with E-state index in [4.69, 9.17) is 4.74 Å². The molecule has 2 atom stereocenters. The number of aromatic nitrogens is 2. The van der Waals surface area contributed by atoms with Crippen molar-refractivity contribution in [3.63, 3.8) is 0 Å². The SMILES string of the molecule is CNC(=O)[C@@H]1C[C@H]1n1cc([N+](=O)[O-])c(OC)n1. The van der Waals surface area contributed by atoms with E-state index in [1.54, 1.807) is 7.05 Å². The molecule has 1 aliphatic rings. The van der Waals surface area contributed by atoms with E-state index in [1.807, 2.05) is 0 Å². The van der Waals surface area contributed by atoms with E-state index in [9.17, 15) is 14.9 Å². The molecule has 0 spiro atoms. The van der Waals surface area contributed by atoms with Crippen LogP contribution in [0.25, 0.3) is 0 Å². The van der Waals surface area contributed by atoms with Gasteiger partial charge in [0.25, 0.3) is 0 Å². The lowest BCUT2D eigenvalue weighted by Gasteiger charge is -1.98. The molecule has 0 aromatic carbocycles. The molecule has 0 aliphatic heterocycles. The quantitative estimate of drug-likeness (QED) is 0.594. The molecule has 1 heterocycles. The molecule has 0 radical (unpaired) electrons. The zero-order valence-electron chi connectivity index (χ0n) is 9.41. The Kier molecular flexibility index (Phi) is 2.70. The summed E-state index contributed by atoms with van der Waals surface area (Å²) in [7, 11) is 2.88. The highest BCUT2D eigenvalue weighted by Crippen LogP contribution is 2.44. The van der Waals surface area contributed by atoms with Gasteiger partial charge in [-0.1, -0.05) is 0 Å². The van der Waals surface area contributed by atoms with Gasteiger partial charge >= 0.3 is 11.6 Å². The molecule has 1 aromatic heterocycles. The van der Waals surface area contributed by atoms with Crippen LogP contribution in [0.1, 0.15) is 12.5 Å². The van der Waals surface area contributed by atoms with Crippen LogP contribution in [0.2, 0.25) is 0 Å². The van der Waals surface area contributed by atoms with Crippen molar-refractivity contribution in [3.05, 3.63) is 16.3 Å². The lowest BCUT2D eigenvalue weighted by Crippen LogP contribution is -2.21. The predicted molar refractivity (Wildman–Crippen MR) is 56.6 cm³/mol. The van der Waals surface area contributed by atoms with Crippen LogP contribution < -0.4 is 10.1 Å². The van der Waals surface area contributed by atoms with E-state index in [0.29, 0.717) is 6.42 Å². The summed E-state index contributed by atoms with van der Waals surface area (Å²) >= 11 is 0. The van der Waals surface area contributed by atoms with Crippen LogP contribution in [0.4, 0.5) is 5.69 Å². The standard InChI is InChI=1S/C9H12N4O4/c1-10-8(14)5-3-6(5)12-4-7(13(15)16)9(11-12)17-2/h4-6H,3H2,1-2H3,(H,10,14)/t5-,6-/m1/s1. The number of nitrogens with one attached hydrogen (secondary N) is 1. The third-order valence-electron chi connectivity index (χ3n) is 2.75. The summed E-state index contributed by atoms with van der Waals surface area (Å²) in [5.41, 5.74) is -0.185. The Morgan fingerprint density at radius 1 is 1.76 bits per heavy atom. The molecule has 1 N–H and O–H groups in total. The number of methoxy groups -OCH3 is 1. The fourth-order valence-corrected chi connectivity index (χ4v) is 1.75. The molecule has 1 fully saturated rings. The van der Waals surface area contributed by atoms with Gasteiger partial charge in [-0.25, -0.2) is 0 Å². The monoisotopic (exact) mass is 240 g/mol. The molecule has 0 saturated heterocycles. The lowest BCUT2D eigenvalue weighted by atomic mass is 10.4. The van der Waals surface area contributed by atoms with Crippen molar-refractivity contribution >= 4 is 11.6 Å². The van der Waals surface area contributed by atoms with Gasteiger partial charge in [-0.05, 0) is 6.42 Å². The molecule has 1 aromatic rings. The summed E-state index contributed by atoms with van der Waals surface area (Å²) in [4.78, 5) is 21.5. The number of hydrogen-bond acceptors (Lipinski definition) is 5. The number of amides is 1. The van der Waals surface area contributed by atoms with Gasteiger partial charge in [0, 0.05) is 7.05 Å². The number of hydrogen-bond donors (Lipinski definition) is 1. The first kappa shape index (κ1) is 11.4. The first-order valence-corrected chi connectivity index (χ1v) is 5.07. The minimum absolute atomic E-state index is 0.0300. The molecule has 1 aliphatic carbocycles. The van der Waals surface area contributed by atoms with Gasteiger partial charge in [0.15, 0.2) is 0 Å². The number of carbonyl (C=O) groups is 1. The summed E-state index contributed by atoms with van der Waals surface area (Å²) < 4.78 is 6.24. The number of nitrogens with zero attached hydrogens (tertiary/aromatic N) is 3. The van der Waals surface area contributed by atoms with E-state index < -0.39 is 4.92 Å². The minimum atomic E-state index is -0.556. The highest BCUT2D eigenvalue weighted by molar-refractivity contribution is 5.81. The smallest absolute Gasteiger partial charge is 0.350 e. The van der Waals surface area contributed by atoms with Gasteiger partial charge in [-0.2, -0.15) is 0 Å². The molecule has 0 bridgehead atoms. The lowest BCUT2D eigenvalue weighted by molar-refractivity contribution is -0.385. The zero-order chi connectivity index (χ0) is 12.6. The van der Waals surface area contributed by atoms with E-state index in [1.165, 1.54) is 18.0 Å². The normalized spacial score (nSPS) is 22.0. The molecular weight excluding hydrogens is 228 g/mol. The third kappa shape index (κ3) is 1.93. The summed E-state index contributed by atoms with van der Waals surface area (Å²) in [5, 5.41) is 17.2. The first-order valence-electron chi connectivity index (χ1n) is 5.07. The van der Waals surface area contributed by atoms with Crippen molar-refractivity contribution in [2.45, 2.75) is 12.5 Å². The molecule has 0 unspecified atom stereocenters. The summed E-state index contributed by atoms with van der Waals surface area (Å²) in [6.07, 6.45) is 1.94. The van der Waals surface area contributed by atoms with Crippen LogP contribution >= 0.6 is 0 Å². The fourth-order valence-electron chi connectivity index (χ4n) is 1.75. The van der Waals surface area contributed by atoms with Crippen LogP contribution in [0.3, 0.4) is 0 Å². The highest BCUT2D eigenvalue weighted by Gasteiger charge is 2.45. The Hall–Kier alpha value is -2.12. The fraction of sp³-hybridized carbons (Fsp3) is 0.556. The largest absolute Gasteiger partial charge is 0.475 e. The second kappa shape index (κ2) is 4.04. The Balaban J connectivity index is 2.19. The number of ether oxygens (including phenoxy) is 1. The van der Waals surface area contributed by atoms with E-state index in [-0.39, 0.29) is 29.4 Å². The Labute approximate surface area is 96.7 Å².